The van der Waals surface area contributed by atoms with Crippen LogP contribution < -0.4 is 4.90 Å². The van der Waals surface area contributed by atoms with Gasteiger partial charge in [-0.25, -0.2) is 0 Å². The first-order valence-electron chi connectivity index (χ1n) is 9.38. The van der Waals surface area contributed by atoms with Crippen LogP contribution in [0.25, 0.3) is 0 Å². The first kappa shape index (κ1) is 15.9. The molecule has 1 radical (unpaired) electrons. The third kappa shape index (κ3) is 2.81. The number of likely N-dealkylation sites (tertiary alicyclic amines) is 1. The Labute approximate surface area is 144 Å². The van der Waals surface area contributed by atoms with Gasteiger partial charge in [-0.15, -0.1) is 0 Å². The molecule has 3 aliphatic rings. The highest BCUT2D eigenvalue weighted by Crippen LogP contribution is 2.43. The highest BCUT2D eigenvalue weighted by atomic mass is 16.3. The third-order valence-corrected chi connectivity index (χ3v) is 6.30. The number of amides is 1. The van der Waals surface area contributed by atoms with Crippen molar-refractivity contribution in [1.29, 1.82) is 0 Å². The van der Waals surface area contributed by atoms with Crippen molar-refractivity contribution in [3.05, 3.63) is 30.3 Å². The van der Waals surface area contributed by atoms with E-state index in [4.69, 9.17) is 0 Å². The van der Waals surface area contributed by atoms with E-state index in [0.717, 1.165) is 64.6 Å². The fourth-order valence-corrected chi connectivity index (χ4v) is 4.89. The summed E-state index contributed by atoms with van der Waals surface area (Å²) in [5.74, 6) is 0.371. The van der Waals surface area contributed by atoms with Gasteiger partial charge in [0.15, 0.2) is 0 Å². The number of rotatable bonds is 2. The molecule has 4 rings (SSSR count). The van der Waals surface area contributed by atoms with Crippen molar-refractivity contribution in [3.8, 4) is 0 Å². The van der Waals surface area contributed by atoms with E-state index < -0.39 is 0 Å². The first-order chi connectivity index (χ1) is 11.7. The van der Waals surface area contributed by atoms with Crippen LogP contribution in [0.4, 0.5) is 5.69 Å². The van der Waals surface area contributed by atoms with Crippen LogP contribution in [0.2, 0.25) is 0 Å². The largest absolute Gasteiger partial charge is 0.393 e. The van der Waals surface area contributed by atoms with Crippen molar-refractivity contribution < 1.29 is 9.90 Å². The highest BCUT2D eigenvalue weighted by molar-refractivity contribution is 5.86. The second-order valence-electron chi connectivity index (χ2n) is 7.77. The number of aliphatic hydroxyl groups is 1. The molecule has 1 aliphatic carbocycles. The average Bonchev–Trinajstić information content (AvgIpc) is 2.93. The van der Waals surface area contributed by atoms with Gasteiger partial charge in [0, 0.05) is 31.4 Å². The Balaban J connectivity index is 1.48. The number of aliphatic hydroxyl groups excluding tert-OH is 1. The zero-order chi connectivity index (χ0) is 16.6. The number of piperidine rings is 1. The Morgan fingerprint density at radius 3 is 2.58 bits per heavy atom. The normalized spacial score (nSPS) is 34.1. The first-order valence-corrected chi connectivity index (χ1v) is 9.38. The molecule has 129 valence electrons. The van der Waals surface area contributed by atoms with Crippen molar-refractivity contribution in [2.24, 2.45) is 5.41 Å². The zero-order valence-corrected chi connectivity index (χ0v) is 14.3. The fourth-order valence-electron chi connectivity index (χ4n) is 4.89. The quantitative estimate of drug-likeness (QED) is 0.908. The van der Waals surface area contributed by atoms with Crippen molar-refractivity contribution in [1.82, 2.24) is 4.90 Å². The number of benzene rings is 1. The van der Waals surface area contributed by atoms with Crippen molar-refractivity contribution in [2.75, 3.05) is 24.5 Å². The van der Waals surface area contributed by atoms with Crippen LogP contribution >= 0.6 is 0 Å². The van der Waals surface area contributed by atoms with Crippen LogP contribution in [-0.2, 0) is 4.79 Å². The maximum Gasteiger partial charge on any atom is 0.230 e. The molecule has 1 saturated carbocycles. The predicted molar refractivity (Wildman–Crippen MR) is 93.8 cm³/mol. The van der Waals surface area contributed by atoms with E-state index in [1.807, 2.05) is 12.1 Å². The molecular formula is C20H27N2O2. The van der Waals surface area contributed by atoms with Gasteiger partial charge in [-0.1, -0.05) is 12.1 Å². The summed E-state index contributed by atoms with van der Waals surface area (Å²) in [5.41, 5.74) is 1.02. The lowest BCUT2D eigenvalue weighted by atomic mass is 9.78. The van der Waals surface area contributed by atoms with E-state index in [0.29, 0.717) is 11.9 Å². The van der Waals surface area contributed by atoms with Gasteiger partial charge < -0.3 is 14.9 Å². The van der Waals surface area contributed by atoms with Crippen LogP contribution in [0.1, 0.15) is 44.9 Å². The number of hydrogen-bond acceptors (Lipinski definition) is 3. The van der Waals surface area contributed by atoms with E-state index in [2.05, 4.69) is 28.0 Å². The molecule has 2 aliphatic heterocycles. The van der Waals surface area contributed by atoms with Gasteiger partial charge in [0.1, 0.15) is 0 Å². The van der Waals surface area contributed by atoms with Gasteiger partial charge in [-0.05, 0) is 63.1 Å². The van der Waals surface area contributed by atoms with E-state index in [1.165, 1.54) is 5.69 Å². The summed E-state index contributed by atoms with van der Waals surface area (Å²) in [6.07, 6.45) is 6.53. The molecule has 4 heteroatoms. The van der Waals surface area contributed by atoms with Crippen LogP contribution in [0.15, 0.2) is 24.3 Å². The number of nitrogens with zero attached hydrogens (tertiary/aromatic N) is 2. The molecule has 1 N–H and O–H groups in total. The summed E-state index contributed by atoms with van der Waals surface area (Å²) in [4.78, 5) is 17.8. The minimum atomic E-state index is -0.187. The number of carbonyl (C=O) groups is 1. The number of carbonyl (C=O) groups excluding carboxylic acids is 1. The Kier molecular flexibility index (Phi) is 4.25. The van der Waals surface area contributed by atoms with Gasteiger partial charge in [-0.3, -0.25) is 4.79 Å². The van der Waals surface area contributed by atoms with E-state index in [9.17, 15) is 9.90 Å². The topological polar surface area (TPSA) is 43.8 Å². The number of hydrogen-bond donors (Lipinski definition) is 1. The zero-order valence-electron chi connectivity index (χ0n) is 14.3. The minimum Gasteiger partial charge on any atom is -0.393 e. The van der Waals surface area contributed by atoms with Gasteiger partial charge >= 0.3 is 0 Å². The third-order valence-electron chi connectivity index (χ3n) is 6.30. The Bertz CT molecular complexity index is 583. The smallest absolute Gasteiger partial charge is 0.230 e. The summed E-state index contributed by atoms with van der Waals surface area (Å²) in [5, 5.41) is 9.73. The molecular weight excluding hydrogens is 300 g/mol. The molecule has 1 spiro atoms. The maximum atomic E-state index is 13.3. The molecule has 2 heterocycles. The Morgan fingerprint density at radius 1 is 1.08 bits per heavy atom. The lowest BCUT2D eigenvalue weighted by molar-refractivity contribution is -0.139. The highest BCUT2D eigenvalue weighted by Gasteiger charge is 2.50. The van der Waals surface area contributed by atoms with Crippen molar-refractivity contribution in [2.45, 2.75) is 57.1 Å². The molecule has 24 heavy (non-hydrogen) atoms. The summed E-state index contributed by atoms with van der Waals surface area (Å²) in [7, 11) is 0. The second-order valence-corrected chi connectivity index (χ2v) is 7.77. The Morgan fingerprint density at radius 2 is 1.83 bits per heavy atom. The van der Waals surface area contributed by atoms with E-state index in [1.54, 1.807) is 0 Å². The molecule has 1 aromatic rings. The van der Waals surface area contributed by atoms with Gasteiger partial charge in [-0.2, -0.15) is 0 Å². The fraction of sp³-hybridized carbons (Fsp3) is 0.650. The Hall–Kier alpha value is -1.55. The van der Waals surface area contributed by atoms with Crippen molar-refractivity contribution >= 4 is 11.6 Å². The van der Waals surface area contributed by atoms with Crippen LogP contribution in [-0.4, -0.2) is 47.7 Å². The van der Waals surface area contributed by atoms with Crippen molar-refractivity contribution in [3.63, 3.8) is 0 Å². The molecule has 1 aromatic carbocycles. The van der Waals surface area contributed by atoms with Crippen LogP contribution in [0.5, 0.6) is 0 Å². The SMILES string of the molecule is O=C1N(C2CCC(O)CC2)CCC12CCCN(c1cc[c]cc1)C2. The second kappa shape index (κ2) is 6.40. The summed E-state index contributed by atoms with van der Waals surface area (Å²) >= 11 is 0. The molecule has 4 nitrogen and oxygen atoms in total. The molecule has 0 aromatic heterocycles. The molecule has 1 amide bonds. The lowest BCUT2D eigenvalue weighted by Crippen LogP contribution is -2.50. The van der Waals surface area contributed by atoms with Crippen LogP contribution in [0, 0.1) is 11.5 Å². The van der Waals surface area contributed by atoms with E-state index >= 15 is 0 Å². The molecule has 1 atom stereocenters. The summed E-state index contributed by atoms with van der Waals surface area (Å²) < 4.78 is 0. The molecule has 0 bridgehead atoms. The van der Waals surface area contributed by atoms with Gasteiger partial charge in [0.2, 0.25) is 5.91 Å². The standard InChI is InChI=1S/C20H27N2O2/c23-18-9-7-17(8-10-18)22-14-12-20(19(22)24)11-4-13-21(15-20)16-5-2-1-3-6-16/h2-3,5-6,17-18,23H,4,7-15H2. The monoisotopic (exact) mass is 327 g/mol. The van der Waals surface area contributed by atoms with Crippen LogP contribution in [0.3, 0.4) is 0 Å². The molecule has 1 unspecified atom stereocenters. The average molecular weight is 327 g/mol. The minimum absolute atomic E-state index is 0.159. The maximum absolute atomic E-state index is 13.3. The van der Waals surface area contributed by atoms with Gasteiger partial charge in [0.05, 0.1) is 11.5 Å². The summed E-state index contributed by atoms with van der Waals surface area (Å²) in [6, 6.07) is 11.5. The number of anilines is 1. The van der Waals surface area contributed by atoms with Gasteiger partial charge in [0.25, 0.3) is 0 Å². The lowest BCUT2D eigenvalue weighted by Gasteiger charge is -2.41. The van der Waals surface area contributed by atoms with E-state index in [-0.39, 0.29) is 11.5 Å². The molecule has 3 fully saturated rings. The molecule has 2 saturated heterocycles. The summed E-state index contributed by atoms with van der Waals surface area (Å²) in [6.45, 7) is 2.78. The predicted octanol–water partition coefficient (Wildman–Crippen LogP) is 2.61.